The highest BCUT2D eigenvalue weighted by molar-refractivity contribution is 5.77. The maximum Gasteiger partial charge on any atom is 0.223 e. The Hall–Kier alpha value is -1.35. The molecule has 1 amide bonds. The topological polar surface area (TPSA) is 32.3 Å². The zero-order valence-corrected chi connectivity index (χ0v) is 11.9. The van der Waals surface area contributed by atoms with E-state index < -0.39 is 0 Å². The normalized spacial score (nSPS) is 16.7. The molecule has 3 heteroatoms. The van der Waals surface area contributed by atoms with Crippen LogP contribution >= 0.6 is 0 Å². The second kappa shape index (κ2) is 6.71. The zero-order chi connectivity index (χ0) is 13.7. The summed E-state index contributed by atoms with van der Waals surface area (Å²) >= 11 is 0. The Balaban J connectivity index is 2.00. The number of amides is 1. The van der Waals surface area contributed by atoms with Crippen molar-refractivity contribution in [2.75, 3.05) is 13.1 Å². The lowest BCUT2D eigenvalue weighted by molar-refractivity contribution is -0.135. The third-order valence-electron chi connectivity index (χ3n) is 3.97. The molecule has 1 unspecified atom stereocenters. The lowest BCUT2D eigenvalue weighted by atomic mass is 9.98. The minimum Gasteiger partial charge on any atom is -0.336 e. The van der Waals surface area contributed by atoms with Gasteiger partial charge in [0, 0.05) is 19.0 Å². The van der Waals surface area contributed by atoms with Gasteiger partial charge in [0.05, 0.1) is 0 Å². The molecule has 1 fully saturated rings. The highest BCUT2D eigenvalue weighted by Gasteiger charge is 2.25. The molecule has 104 valence electrons. The van der Waals surface area contributed by atoms with E-state index in [1.54, 1.807) is 0 Å². The molecular formula is C16H24N2O. The van der Waals surface area contributed by atoms with Crippen LogP contribution in [0.5, 0.6) is 0 Å². The van der Waals surface area contributed by atoms with Gasteiger partial charge in [-0.1, -0.05) is 37.3 Å². The summed E-state index contributed by atoms with van der Waals surface area (Å²) in [5, 5.41) is 3.23. The van der Waals surface area contributed by atoms with E-state index in [0.29, 0.717) is 24.3 Å². The van der Waals surface area contributed by atoms with Gasteiger partial charge >= 0.3 is 0 Å². The maximum atomic E-state index is 12.4. The molecule has 0 aromatic heterocycles. The van der Waals surface area contributed by atoms with Crippen molar-refractivity contribution in [1.29, 1.82) is 0 Å². The molecule has 0 aliphatic carbocycles. The fraction of sp³-hybridized carbons (Fsp3) is 0.562. The van der Waals surface area contributed by atoms with Gasteiger partial charge in [-0.15, -0.1) is 0 Å². The molecule has 0 saturated carbocycles. The van der Waals surface area contributed by atoms with Gasteiger partial charge in [0.1, 0.15) is 0 Å². The molecule has 1 atom stereocenters. The first-order valence-corrected chi connectivity index (χ1v) is 7.24. The average Bonchev–Trinajstić information content (AvgIpc) is 2.40. The van der Waals surface area contributed by atoms with E-state index in [2.05, 4.69) is 31.3 Å². The van der Waals surface area contributed by atoms with E-state index in [0.717, 1.165) is 26.1 Å². The third-order valence-corrected chi connectivity index (χ3v) is 3.97. The van der Waals surface area contributed by atoms with Crippen LogP contribution in [0.15, 0.2) is 30.3 Å². The molecule has 1 N–H and O–H groups in total. The van der Waals surface area contributed by atoms with Crippen LogP contribution in [0.1, 0.15) is 32.3 Å². The van der Waals surface area contributed by atoms with Crippen LogP contribution in [0.25, 0.3) is 0 Å². The van der Waals surface area contributed by atoms with Crippen LogP contribution < -0.4 is 5.32 Å². The van der Waals surface area contributed by atoms with Crippen molar-refractivity contribution < 1.29 is 4.79 Å². The molecule has 1 aliphatic rings. The smallest absolute Gasteiger partial charge is 0.223 e. The Morgan fingerprint density at radius 2 is 2.05 bits per heavy atom. The minimum absolute atomic E-state index is 0.296. The van der Waals surface area contributed by atoms with Gasteiger partial charge in [0.15, 0.2) is 0 Å². The molecule has 0 spiro atoms. The third kappa shape index (κ3) is 3.80. The van der Waals surface area contributed by atoms with E-state index in [1.807, 2.05) is 23.1 Å². The monoisotopic (exact) mass is 260 g/mol. The second-order valence-corrected chi connectivity index (χ2v) is 5.49. The van der Waals surface area contributed by atoms with Crippen molar-refractivity contribution in [3.63, 3.8) is 0 Å². The van der Waals surface area contributed by atoms with Crippen molar-refractivity contribution in [3.05, 3.63) is 35.9 Å². The Kier molecular flexibility index (Phi) is 4.97. The molecule has 2 rings (SSSR count). The van der Waals surface area contributed by atoms with Crippen molar-refractivity contribution in [2.24, 2.45) is 5.92 Å². The minimum atomic E-state index is 0.296. The summed E-state index contributed by atoms with van der Waals surface area (Å²) in [5.41, 5.74) is 1.21. The van der Waals surface area contributed by atoms with Gasteiger partial charge in [-0.2, -0.15) is 0 Å². The number of nitrogens with zero attached hydrogens (tertiary/aromatic N) is 1. The first-order chi connectivity index (χ1) is 9.20. The van der Waals surface area contributed by atoms with Gasteiger partial charge in [-0.25, -0.2) is 0 Å². The molecule has 1 aromatic carbocycles. The average molecular weight is 260 g/mol. The number of carbonyl (C=O) groups excluding carboxylic acids is 1. The summed E-state index contributed by atoms with van der Waals surface area (Å²) in [6.07, 6.45) is 1.69. The SMILES string of the molecule is CCC(C)N(Cc1ccccc1)C(=O)CC1CNC1. The first kappa shape index (κ1) is 14.1. The van der Waals surface area contributed by atoms with Crippen LogP contribution in [0.4, 0.5) is 0 Å². The van der Waals surface area contributed by atoms with E-state index >= 15 is 0 Å². The van der Waals surface area contributed by atoms with Crippen molar-refractivity contribution in [2.45, 2.75) is 39.3 Å². The Bertz CT molecular complexity index is 400. The number of hydrogen-bond donors (Lipinski definition) is 1. The van der Waals surface area contributed by atoms with Gasteiger partial charge in [-0.05, 0) is 37.9 Å². The highest BCUT2D eigenvalue weighted by atomic mass is 16.2. The Labute approximate surface area is 116 Å². The van der Waals surface area contributed by atoms with Crippen molar-refractivity contribution >= 4 is 5.91 Å². The summed E-state index contributed by atoms with van der Waals surface area (Å²) < 4.78 is 0. The quantitative estimate of drug-likeness (QED) is 0.852. The molecule has 0 bridgehead atoms. The maximum absolute atomic E-state index is 12.4. The molecule has 1 heterocycles. The lowest BCUT2D eigenvalue weighted by Crippen LogP contribution is -2.46. The van der Waals surface area contributed by atoms with Gasteiger partial charge < -0.3 is 10.2 Å². The Morgan fingerprint density at radius 1 is 1.37 bits per heavy atom. The predicted molar refractivity (Wildman–Crippen MR) is 77.7 cm³/mol. The Morgan fingerprint density at radius 3 is 2.58 bits per heavy atom. The fourth-order valence-corrected chi connectivity index (χ4v) is 2.35. The molecule has 3 nitrogen and oxygen atoms in total. The predicted octanol–water partition coefficient (Wildman–Crippen LogP) is 2.42. The molecule has 0 radical (unpaired) electrons. The van der Waals surface area contributed by atoms with Gasteiger partial charge in [0.2, 0.25) is 5.91 Å². The van der Waals surface area contributed by atoms with E-state index in [9.17, 15) is 4.79 Å². The molecular weight excluding hydrogens is 236 g/mol. The molecule has 1 aromatic rings. The van der Waals surface area contributed by atoms with E-state index in [1.165, 1.54) is 5.56 Å². The van der Waals surface area contributed by atoms with Crippen molar-refractivity contribution in [1.82, 2.24) is 10.2 Å². The van der Waals surface area contributed by atoms with E-state index in [-0.39, 0.29) is 0 Å². The van der Waals surface area contributed by atoms with E-state index in [4.69, 9.17) is 0 Å². The zero-order valence-electron chi connectivity index (χ0n) is 11.9. The van der Waals surface area contributed by atoms with Crippen LogP contribution in [0.3, 0.4) is 0 Å². The summed E-state index contributed by atoms with van der Waals surface area (Å²) in [5.74, 6) is 0.833. The largest absolute Gasteiger partial charge is 0.336 e. The number of hydrogen-bond acceptors (Lipinski definition) is 2. The molecule has 19 heavy (non-hydrogen) atoms. The highest BCUT2D eigenvalue weighted by Crippen LogP contribution is 2.16. The number of nitrogens with one attached hydrogen (secondary N) is 1. The van der Waals surface area contributed by atoms with Crippen LogP contribution in [-0.4, -0.2) is 29.9 Å². The van der Waals surface area contributed by atoms with Crippen molar-refractivity contribution in [3.8, 4) is 0 Å². The van der Waals surface area contributed by atoms with Gasteiger partial charge in [-0.3, -0.25) is 4.79 Å². The summed E-state index contributed by atoms with van der Waals surface area (Å²) in [4.78, 5) is 14.5. The first-order valence-electron chi connectivity index (χ1n) is 7.24. The fourth-order valence-electron chi connectivity index (χ4n) is 2.35. The van der Waals surface area contributed by atoms with Crippen LogP contribution in [0, 0.1) is 5.92 Å². The van der Waals surface area contributed by atoms with Crippen LogP contribution in [-0.2, 0) is 11.3 Å². The van der Waals surface area contributed by atoms with Crippen LogP contribution in [0.2, 0.25) is 0 Å². The number of rotatable bonds is 6. The number of carbonyl (C=O) groups is 1. The lowest BCUT2D eigenvalue weighted by Gasteiger charge is -2.33. The summed E-state index contributed by atoms with van der Waals surface area (Å²) in [7, 11) is 0. The molecule has 1 aliphatic heterocycles. The summed E-state index contributed by atoms with van der Waals surface area (Å²) in [6, 6.07) is 10.6. The standard InChI is InChI=1S/C16H24N2O/c1-3-13(2)18(12-14-7-5-4-6-8-14)16(19)9-15-10-17-11-15/h4-8,13,15,17H,3,9-12H2,1-2H3. The summed E-state index contributed by atoms with van der Waals surface area (Å²) in [6.45, 7) is 6.99. The number of benzene rings is 1. The second-order valence-electron chi connectivity index (χ2n) is 5.49. The van der Waals surface area contributed by atoms with Gasteiger partial charge in [0.25, 0.3) is 0 Å². The molecule has 1 saturated heterocycles.